The minimum atomic E-state index is -4.43. The fourth-order valence-electron chi connectivity index (χ4n) is 2.10. The zero-order chi connectivity index (χ0) is 15.9. The highest BCUT2D eigenvalue weighted by molar-refractivity contribution is 7.85. The lowest BCUT2D eigenvalue weighted by molar-refractivity contribution is -0.182. The minimum Gasteiger partial charge on any atom is -0.296 e. The van der Waals surface area contributed by atoms with Gasteiger partial charge in [0.05, 0.1) is 10.5 Å². The summed E-state index contributed by atoms with van der Waals surface area (Å²) >= 11 is 0. The molecule has 0 aliphatic carbocycles. The minimum absolute atomic E-state index is 0.139. The van der Waals surface area contributed by atoms with E-state index in [4.69, 9.17) is 5.26 Å². The quantitative estimate of drug-likeness (QED) is 0.331. The Morgan fingerprint density at radius 1 is 1.19 bits per heavy atom. The maximum Gasteiger partial charge on any atom is 0.372 e. The first-order chi connectivity index (χ1) is 9.90. The fraction of sp³-hybridized carbons (Fsp3) is 0.500. The molecule has 21 heavy (non-hydrogen) atoms. The molecule has 0 atom stereocenters. The highest BCUT2D eigenvalue weighted by atomic mass is 32.2. The molecule has 0 aliphatic rings. The Morgan fingerprint density at radius 3 is 2.43 bits per heavy atom. The molecule has 6 nitrogen and oxygen atoms in total. The number of aryl methyl sites for hydroxylation is 1. The number of carbonyl (C=O) groups excluding carboxylic acids is 1. The Morgan fingerprint density at radius 2 is 1.86 bits per heavy atom. The van der Waals surface area contributed by atoms with Crippen molar-refractivity contribution < 1.29 is 27.9 Å². The third-order valence-corrected chi connectivity index (χ3v) is 4.15. The topological polar surface area (TPSA) is 101 Å². The lowest BCUT2D eigenvalue weighted by atomic mass is 10.0. The molecule has 0 aliphatic heterocycles. The summed E-state index contributed by atoms with van der Waals surface area (Å²) in [7, 11) is -4.43. The van der Waals surface area contributed by atoms with Crippen molar-refractivity contribution in [1.29, 1.82) is 0 Å². The Bertz CT molecular complexity index is 579. The van der Waals surface area contributed by atoms with Crippen LogP contribution in [0.4, 0.5) is 0 Å². The van der Waals surface area contributed by atoms with E-state index in [2.05, 4.69) is 11.8 Å². The summed E-state index contributed by atoms with van der Waals surface area (Å²) in [4.78, 5) is 14.4. The second kappa shape index (κ2) is 8.11. The summed E-state index contributed by atoms with van der Waals surface area (Å²) in [6, 6.07) is 3.82. The highest BCUT2D eigenvalue weighted by Crippen LogP contribution is 2.21. The van der Waals surface area contributed by atoms with Gasteiger partial charge in [0.25, 0.3) is 10.1 Å². The molecule has 0 fully saturated rings. The Kier molecular flexibility index (Phi) is 6.80. The number of hydrogen-bond donors (Lipinski definition) is 2. The zero-order valence-corrected chi connectivity index (χ0v) is 12.7. The standard InChI is InChI=1S/C14H20O6S/c1-2-3-4-5-6-7-11-8-9-12(14(15)20-16)10-13(11)21(17,18)19/h8-10,16H,2-7H2,1H3,(H,17,18,19). The molecule has 118 valence electrons. The first-order valence-corrected chi connectivity index (χ1v) is 8.30. The lowest BCUT2D eigenvalue weighted by Crippen LogP contribution is -2.08. The number of unbranched alkanes of at least 4 members (excludes halogenated alkanes) is 4. The zero-order valence-electron chi connectivity index (χ0n) is 11.9. The summed E-state index contributed by atoms with van der Waals surface area (Å²) in [5.74, 6) is -1.07. The van der Waals surface area contributed by atoms with Crippen molar-refractivity contribution >= 4 is 16.1 Å². The molecule has 2 N–H and O–H groups in total. The summed E-state index contributed by atoms with van der Waals surface area (Å²) < 4.78 is 32.0. The summed E-state index contributed by atoms with van der Waals surface area (Å²) in [5.41, 5.74) is 0.309. The fourth-order valence-corrected chi connectivity index (χ4v) is 2.88. The molecule has 0 amide bonds. The summed E-state index contributed by atoms with van der Waals surface area (Å²) in [6.07, 6.45) is 5.59. The third-order valence-electron chi connectivity index (χ3n) is 3.21. The first-order valence-electron chi connectivity index (χ1n) is 6.86. The van der Waals surface area contributed by atoms with Gasteiger partial charge in [-0.2, -0.15) is 13.7 Å². The van der Waals surface area contributed by atoms with Gasteiger partial charge in [0, 0.05) is 0 Å². The number of rotatable bonds is 8. The SMILES string of the molecule is CCCCCCCc1ccc(C(=O)OO)cc1S(=O)(=O)O. The summed E-state index contributed by atoms with van der Waals surface area (Å²) in [5, 5.41) is 8.31. The molecule has 0 saturated heterocycles. The van der Waals surface area contributed by atoms with Crippen LogP contribution < -0.4 is 0 Å². The predicted octanol–water partition coefficient (Wildman–Crippen LogP) is 3.08. The van der Waals surface area contributed by atoms with Crippen molar-refractivity contribution in [2.45, 2.75) is 50.3 Å². The average Bonchev–Trinajstić information content (AvgIpc) is 2.45. The van der Waals surface area contributed by atoms with E-state index in [1.807, 2.05) is 0 Å². The normalized spacial score (nSPS) is 11.4. The lowest BCUT2D eigenvalue weighted by Gasteiger charge is -2.08. The molecule has 0 spiro atoms. The average molecular weight is 316 g/mol. The Labute approximate surface area is 124 Å². The maximum absolute atomic E-state index is 11.4. The maximum atomic E-state index is 11.4. The molecule has 1 aromatic rings. The van der Waals surface area contributed by atoms with Crippen molar-refractivity contribution in [2.75, 3.05) is 0 Å². The second-order valence-electron chi connectivity index (χ2n) is 4.84. The van der Waals surface area contributed by atoms with E-state index in [9.17, 15) is 17.8 Å². The van der Waals surface area contributed by atoms with Gasteiger partial charge in [-0.3, -0.25) is 9.44 Å². The molecule has 0 radical (unpaired) electrons. The van der Waals surface area contributed by atoms with Crippen LogP contribution in [0.25, 0.3) is 0 Å². The molecule has 0 aromatic heterocycles. The van der Waals surface area contributed by atoms with E-state index in [1.54, 1.807) is 0 Å². The first kappa shape index (κ1) is 17.6. The predicted molar refractivity (Wildman–Crippen MR) is 76.8 cm³/mol. The molecule has 0 heterocycles. The van der Waals surface area contributed by atoms with Crippen LogP contribution in [0.2, 0.25) is 0 Å². The van der Waals surface area contributed by atoms with E-state index in [1.165, 1.54) is 12.1 Å². The van der Waals surface area contributed by atoms with Gasteiger partial charge in [0.1, 0.15) is 0 Å². The second-order valence-corrected chi connectivity index (χ2v) is 6.23. The Balaban J connectivity index is 2.90. The van der Waals surface area contributed by atoms with Gasteiger partial charge < -0.3 is 0 Å². The van der Waals surface area contributed by atoms with Crippen LogP contribution >= 0.6 is 0 Å². The highest BCUT2D eigenvalue weighted by Gasteiger charge is 2.19. The van der Waals surface area contributed by atoms with Crippen LogP contribution in [-0.4, -0.2) is 24.2 Å². The Hall–Kier alpha value is -1.44. The number of hydrogen-bond acceptors (Lipinski definition) is 5. The van der Waals surface area contributed by atoms with Crippen LogP contribution in [0.3, 0.4) is 0 Å². The van der Waals surface area contributed by atoms with Crippen molar-refractivity contribution in [3.63, 3.8) is 0 Å². The van der Waals surface area contributed by atoms with Gasteiger partial charge in [0.2, 0.25) is 0 Å². The van der Waals surface area contributed by atoms with Crippen LogP contribution in [0.15, 0.2) is 23.1 Å². The molecule has 1 aromatic carbocycles. The van der Waals surface area contributed by atoms with Gasteiger partial charge >= 0.3 is 5.97 Å². The third kappa shape index (κ3) is 5.45. The van der Waals surface area contributed by atoms with Gasteiger partial charge in [-0.25, -0.2) is 4.79 Å². The van der Waals surface area contributed by atoms with Gasteiger partial charge in [-0.1, -0.05) is 38.7 Å². The van der Waals surface area contributed by atoms with Gasteiger partial charge in [-0.05, 0) is 30.5 Å². The van der Waals surface area contributed by atoms with E-state index in [0.717, 1.165) is 38.2 Å². The van der Waals surface area contributed by atoms with Crippen LogP contribution in [0.5, 0.6) is 0 Å². The largest absolute Gasteiger partial charge is 0.372 e. The van der Waals surface area contributed by atoms with E-state index in [-0.39, 0.29) is 10.5 Å². The number of benzene rings is 1. The van der Waals surface area contributed by atoms with Crippen LogP contribution in [0.1, 0.15) is 54.9 Å². The molecule has 0 unspecified atom stereocenters. The smallest absolute Gasteiger partial charge is 0.296 e. The molecule has 0 bridgehead atoms. The molecule has 1 rings (SSSR count). The van der Waals surface area contributed by atoms with Gasteiger partial charge in [-0.15, -0.1) is 0 Å². The van der Waals surface area contributed by atoms with E-state index < -0.39 is 16.1 Å². The van der Waals surface area contributed by atoms with Crippen molar-refractivity contribution in [3.8, 4) is 0 Å². The van der Waals surface area contributed by atoms with Crippen LogP contribution in [-0.2, 0) is 21.4 Å². The van der Waals surface area contributed by atoms with Crippen LogP contribution in [0, 0.1) is 0 Å². The van der Waals surface area contributed by atoms with E-state index >= 15 is 0 Å². The molecular formula is C14H20O6S. The molecule has 7 heteroatoms. The van der Waals surface area contributed by atoms with Crippen molar-refractivity contribution in [3.05, 3.63) is 29.3 Å². The van der Waals surface area contributed by atoms with E-state index in [0.29, 0.717) is 12.0 Å². The number of carbonyl (C=O) groups is 1. The summed E-state index contributed by atoms with van der Waals surface area (Å²) in [6.45, 7) is 2.11. The van der Waals surface area contributed by atoms with Crippen molar-refractivity contribution in [2.24, 2.45) is 0 Å². The van der Waals surface area contributed by atoms with Crippen molar-refractivity contribution in [1.82, 2.24) is 0 Å². The molecule has 0 saturated carbocycles. The van der Waals surface area contributed by atoms with Gasteiger partial charge in [0.15, 0.2) is 0 Å². The molecular weight excluding hydrogens is 296 g/mol. The monoisotopic (exact) mass is 316 g/mol.